The molecular formula is C36H76O18Si3. The van der Waals surface area contributed by atoms with E-state index < -0.39 is 44.0 Å². The van der Waals surface area contributed by atoms with E-state index in [4.69, 9.17) is 72.7 Å². The summed E-state index contributed by atoms with van der Waals surface area (Å²) in [5.74, 6) is -2.87. The van der Waals surface area contributed by atoms with Crippen LogP contribution in [0.3, 0.4) is 0 Å². The molecule has 0 radical (unpaired) electrons. The number of esters is 2. The molecule has 21 heteroatoms. The Balaban J connectivity index is -0.000000848. The van der Waals surface area contributed by atoms with Crippen LogP contribution >= 0.6 is 0 Å². The van der Waals surface area contributed by atoms with Gasteiger partial charge in [0.2, 0.25) is 5.41 Å². The van der Waals surface area contributed by atoms with Gasteiger partial charge in [-0.15, -0.1) is 0 Å². The van der Waals surface area contributed by atoms with E-state index in [9.17, 15) is 9.59 Å². The minimum atomic E-state index is -3.60. The van der Waals surface area contributed by atoms with Crippen molar-refractivity contribution in [2.24, 2.45) is 0 Å². The van der Waals surface area contributed by atoms with Gasteiger partial charge in [-0.2, -0.15) is 0 Å². The average molecular weight is 881 g/mol. The Morgan fingerprint density at radius 2 is 0.895 bits per heavy atom. The number of carbonyl (C=O) groups is 2. The molecule has 0 atom stereocenters. The van der Waals surface area contributed by atoms with Crippen LogP contribution in [0.2, 0.25) is 6.04 Å². The highest BCUT2D eigenvalue weighted by atomic mass is 28.4. The molecule has 0 aliphatic heterocycles. The molecule has 0 saturated heterocycles. The van der Waals surface area contributed by atoms with Gasteiger partial charge in [0.1, 0.15) is 6.42 Å². The summed E-state index contributed by atoms with van der Waals surface area (Å²) in [5, 5.41) is 0. The Kier molecular flexibility index (Phi) is 34.9. The van der Waals surface area contributed by atoms with Crippen molar-refractivity contribution in [1.29, 1.82) is 0 Å². The molecule has 0 aliphatic carbocycles. The summed E-state index contributed by atoms with van der Waals surface area (Å²) in [6, 6.07) is 0.611. The zero-order valence-electron chi connectivity index (χ0n) is 37.7. The summed E-state index contributed by atoms with van der Waals surface area (Å²) in [5.41, 5.74) is -0.973. The standard InChI is InChI=1S/C18H36O9Si.C10H20O5Si.C8H20O4Si/c1-10-23-17(24-11-2,27-16(19)15(5)6)14-18(25-12-3,26-13-4)28(20-7,21-8)22-9;1-9(2)10(11)15-7-6-8-16(12-3,13-4)14-5;1-5-9-13(10-6-2,11-7-3)12-8-4/h5,10-14H2,1-4,6-9H3;1,6-8H2,2-5H3;5-8H2,1-4H3. The van der Waals surface area contributed by atoms with Crippen LogP contribution in [0, 0.1) is 0 Å². The maximum absolute atomic E-state index is 12.3. The molecule has 0 unspecified atom stereocenters. The van der Waals surface area contributed by atoms with Crippen LogP contribution in [0.1, 0.15) is 82.1 Å². The molecule has 0 aromatic rings. The second-order valence-corrected chi connectivity index (χ2v) is 19.6. The Labute approximate surface area is 346 Å². The van der Waals surface area contributed by atoms with Crippen LogP contribution in [0.5, 0.6) is 0 Å². The van der Waals surface area contributed by atoms with E-state index in [0.717, 1.165) is 0 Å². The number of hydrogen-bond acceptors (Lipinski definition) is 18. The van der Waals surface area contributed by atoms with E-state index in [1.165, 1.54) is 28.3 Å². The van der Waals surface area contributed by atoms with Crippen LogP contribution in [0.25, 0.3) is 0 Å². The second-order valence-electron chi connectivity index (χ2n) is 11.2. The van der Waals surface area contributed by atoms with Crippen molar-refractivity contribution in [3.05, 3.63) is 24.3 Å². The molecule has 0 bridgehead atoms. The van der Waals surface area contributed by atoms with Gasteiger partial charge in [-0.1, -0.05) is 13.2 Å². The average Bonchev–Trinajstić information content (AvgIpc) is 3.17. The van der Waals surface area contributed by atoms with Gasteiger partial charge in [-0.3, -0.25) is 0 Å². The molecule has 0 aliphatic rings. The van der Waals surface area contributed by atoms with Crippen molar-refractivity contribution < 1.29 is 82.3 Å². The van der Waals surface area contributed by atoms with Crippen molar-refractivity contribution in [1.82, 2.24) is 0 Å². The van der Waals surface area contributed by atoms with E-state index in [0.29, 0.717) is 51.1 Å². The molecule has 0 N–H and O–H groups in total. The lowest BCUT2D eigenvalue weighted by molar-refractivity contribution is -0.390. The second kappa shape index (κ2) is 33.3. The predicted octanol–water partition coefficient (Wildman–Crippen LogP) is 5.35. The van der Waals surface area contributed by atoms with E-state index in [-0.39, 0.29) is 44.4 Å². The van der Waals surface area contributed by atoms with Gasteiger partial charge >= 0.3 is 44.6 Å². The Bertz CT molecular complexity index is 1020. The van der Waals surface area contributed by atoms with Crippen molar-refractivity contribution in [3.63, 3.8) is 0 Å². The molecule has 57 heavy (non-hydrogen) atoms. The summed E-state index contributed by atoms with van der Waals surface area (Å²) < 4.78 is 88.3. The van der Waals surface area contributed by atoms with Crippen molar-refractivity contribution >= 4 is 38.6 Å². The first kappa shape index (κ1) is 59.8. The molecule has 0 saturated carbocycles. The molecule has 0 spiro atoms. The zero-order valence-corrected chi connectivity index (χ0v) is 40.7. The van der Waals surface area contributed by atoms with E-state index in [1.807, 2.05) is 27.7 Å². The zero-order chi connectivity index (χ0) is 44.6. The summed E-state index contributed by atoms with van der Waals surface area (Å²) in [4.78, 5) is 23.4. The number of hydrogen-bond donors (Lipinski definition) is 0. The fourth-order valence-electron chi connectivity index (χ4n) is 4.89. The van der Waals surface area contributed by atoms with Crippen LogP contribution < -0.4 is 0 Å². The Morgan fingerprint density at radius 3 is 1.18 bits per heavy atom. The summed E-state index contributed by atoms with van der Waals surface area (Å²) in [7, 11) is 0.0532. The quantitative estimate of drug-likeness (QED) is 0.0277. The lowest BCUT2D eigenvalue weighted by Crippen LogP contribution is -2.69. The first-order valence-corrected chi connectivity index (χ1v) is 24.4. The highest BCUT2D eigenvalue weighted by Crippen LogP contribution is 2.39. The molecule has 0 heterocycles. The Morgan fingerprint density at radius 1 is 0.526 bits per heavy atom. The van der Waals surface area contributed by atoms with E-state index in [1.54, 1.807) is 55.9 Å². The normalized spacial score (nSPS) is 12.2. The van der Waals surface area contributed by atoms with E-state index >= 15 is 0 Å². The van der Waals surface area contributed by atoms with Gasteiger partial charge in [0.15, 0.2) is 0 Å². The van der Waals surface area contributed by atoms with Gasteiger partial charge in [-0.05, 0) is 75.7 Å². The predicted molar refractivity (Wildman–Crippen MR) is 219 cm³/mol. The number of ether oxygens (including phenoxy) is 6. The van der Waals surface area contributed by atoms with Crippen LogP contribution in [0.4, 0.5) is 0 Å². The molecule has 18 nitrogen and oxygen atoms in total. The third-order valence-electron chi connectivity index (χ3n) is 7.23. The fourth-order valence-corrected chi connectivity index (χ4v) is 11.0. The number of carbonyl (C=O) groups excluding carboxylic acids is 2. The minimum absolute atomic E-state index is 0.191. The van der Waals surface area contributed by atoms with Gasteiger partial charge in [0.25, 0.3) is 0 Å². The van der Waals surface area contributed by atoms with Crippen molar-refractivity contribution in [2.75, 3.05) is 102 Å². The van der Waals surface area contributed by atoms with Crippen LogP contribution in [0.15, 0.2) is 24.3 Å². The van der Waals surface area contributed by atoms with Crippen molar-refractivity contribution in [2.45, 2.75) is 99.5 Å². The van der Waals surface area contributed by atoms with E-state index in [2.05, 4.69) is 13.2 Å². The molecule has 0 fully saturated rings. The SMILES string of the molecule is C=C(C)C(=O)OC(CC(OCC)(OCC)[Si](OC)(OC)OC)(OCC)OCC.C=C(C)C(=O)OCCC[Si](OC)(OC)OC.CCO[Si](OCC)(OCC)OCC. The topological polar surface area (TPSA) is 182 Å². The van der Waals surface area contributed by atoms with Crippen LogP contribution in [-0.4, -0.2) is 152 Å². The third kappa shape index (κ3) is 21.0. The highest BCUT2D eigenvalue weighted by molar-refractivity contribution is 6.63. The van der Waals surface area contributed by atoms with Gasteiger partial charge < -0.3 is 72.7 Å². The Hall–Kier alpha value is -1.49. The molecule has 0 amide bonds. The first-order chi connectivity index (χ1) is 27.0. The minimum Gasteiger partial charge on any atom is -0.462 e. The molecule has 340 valence electrons. The fraction of sp³-hybridized carbons (Fsp3) is 0.833. The largest absolute Gasteiger partial charge is 0.679 e. The first-order valence-electron chi connectivity index (χ1n) is 19.1. The summed E-state index contributed by atoms with van der Waals surface area (Å²) in [6.07, 6.45) is 0.435. The molecule has 0 aromatic heterocycles. The van der Waals surface area contributed by atoms with Crippen LogP contribution in [-0.2, 0) is 82.3 Å². The number of rotatable bonds is 32. The highest BCUT2D eigenvalue weighted by Gasteiger charge is 2.67. The summed E-state index contributed by atoms with van der Waals surface area (Å²) >= 11 is 0. The van der Waals surface area contributed by atoms with Gasteiger partial charge in [-0.25, -0.2) is 9.59 Å². The van der Waals surface area contributed by atoms with Crippen molar-refractivity contribution in [3.8, 4) is 0 Å². The molecule has 0 rings (SSSR count). The monoisotopic (exact) mass is 880 g/mol. The van der Waals surface area contributed by atoms with Gasteiger partial charge in [0, 0.05) is 99.5 Å². The van der Waals surface area contributed by atoms with Gasteiger partial charge in [0.05, 0.1) is 19.8 Å². The maximum Gasteiger partial charge on any atom is 0.679 e. The third-order valence-corrected chi connectivity index (χ3v) is 15.6. The lowest BCUT2D eigenvalue weighted by atomic mass is 10.3. The summed E-state index contributed by atoms with van der Waals surface area (Å²) in [6.45, 7) is 28.3. The molecular weight excluding hydrogens is 805 g/mol. The molecule has 0 aromatic carbocycles. The smallest absolute Gasteiger partial charge is 0.462 e. The maximum atomic E-state index is 12.3. The lowest BCUT2D eigenvalue weighted by Gasteiger charge is -2.45.